The van der Waals surface area contributed by atoms with E-state index in [0.717, 1.165) is 46.2 Å². The van der Waals surface area contributed by atoms with Gasteiger partial charge in [-0.3, -0.25) is 19.3 Å². The molecule has 1 aliphatic carbocycles. The largest absolute Gasteiger partial charge is 0.365 e. The standard InChI is InChI=1S/C22H20BrN3O3S3/c23-13-5-3-4-12(10-13)11-16-21(29)26(22(30)32-16)9-8-17(27)25-20-18(19(24)28)14-6-1-2-7-15(14)31-20/h3-5,10-11H,1-2,6-9H2,(H2,24,28)(H,25,27)/b16-11-. The number of aryl methyl sites for hydroxylation is 1. The number of thiocarbonyl (C=S) groups is 1. The molecule has 1 saturated heterocycles. The highest BCUT2D eigenvalue weighted by molar-refractivity contribution is 9.10. The maximum Gasteiger partial charge on any atom is 0.266 e. The number of carbonyl (C=O) groups is 3. The van der Waals surface area contributed by atoms with Crippen LogP contribution in [0.15, 0.2) is 33.6 Å². The first-order valence-corrected chi connectivity index (χ1v) is 12.9. The van der Waals surface area contributed by atoms with Gasteiger partial charge in [0.15, 0.2) is 0 Å². The topological polar surface area (TPSA) is 92.5 Å². The number of nitrogens with zero attached hydrogens (tertiary/aromatic N) is 1. The molecule has 10 heteroatoms. The lowest BCUT2D eigenvalue weighted by Crippen LogP contribution is -2.31. The lowest BCUT2D eigenvalue weighted by molar-refractivity contribution is -0.122. The van der Waals surface area contributed by atoms with E-state index < -0.39 is 5.91 Å². The van der Waals surface area contributed by atoms with Gasteiger partial charge in [-0.2, -0.15) is 0 Å². The normalized spacial score (nSPS) is 17.0. The van der Waals surface area contributed by atoms with Crippen LogP contribution in [0.4, 0.5) is 5.00 Å². The number of anilines is 1. The summed E-state index contributed by atoms with van der Waals surface area (Å²) in [5.74, 6) is -1.01. The number of hydrogen-bond donors (Lipinski definition) is 2. The van der Waals surface area contributed by atoms with E-state index in [9.17, 15) is 14.4 Å². The average Bonchev–Trinajstić information content (AvgIpc) is 3.23. The van der Waals surface area contributed by atoms with Gasteiger partial charge in [-0.15, -0.1) is 11.3 Å². The third-order valence-electron chi connectivity index (χ3n) is 5.25. The summed E-state index contributed by atoms with van der Waals surface area (Å²) in [6.45, 7) is 0.170. The number of benzene rings is 1. The minimum absolute atomic E-state index is 0.0668. The Morgan fingerprint density at radius 3 is 2.81 bits per heavy atom. The van der Waals surface area contributed by atoms with E-state index >= 15 is 0 Å². The van der Waals surface area contributed by atoms with Crippen molar-refractivity contribution in [1.29, 1.82) is 0 Å². The van der Waals surface area contributed by atoms with Crippen LogP contribution < -0.4 is 11.1 Å². The zero-order valence-corrected chi connectivity index (χ0v) is 21.0. The van der Waals surface area contributed by atoms with Crippen molar-refractivity contribution in [2.45, 2.75) is 32.1 Å². The number of thiophene rings is 1. The van der Waals surface area contributed by atoms with E-state index in [1.165, 1.54) is 28.0 Å². The van der Waals surface area contributed by atoms with Crippen molar-refractivity contribution in [2.75, 3.05) is 11.9 Å². The van der Waals surface area contributed by atoms with Crippen molar-refractivity contribution in [1.82, 2.24) is 4.90 Å². The Hall–Kier alpha value is -2.01. The molecule has 4 rings (SSSR count). The molecular formula is C22H20BrN3O3S3. The van der Waals surface area contributed by atoms with E-state index in [0.29, 0.717) is 19.8 Å². The van der Waals surface area contributed by atoms with Crippen LogP contribution in [-0.2, 0) is 22.4 Å². The maximum absolute atomic E-state index is 12.8. The Morgan fingerprint density at radius 1 is 1.28 bits per heavy atom. The minimum Gasteiger partial charge on any atom is -0.365 e. The summed E-state index contributed by atoms with van der Waals surface area (Å²) in [6, 6.07) is 7.62. The molecule has 3 N–H and O–H groups in total. The first kappa shape index (κ1) is 23.2. The Morgan fingerprint density at radius 2 is 2.06 bits per heavy atom. The summed E-state index contributed by atoms with van der Waals surface area (Å²) < 4.78 is 1.34. The summed E-state index contributed by atoms with van der Waals surface area (Å²) in [5.41, 5.74) is 7.88. The lowest BCUT2D eigenvalue weighted by atomic mass is 9.95. The van der Waals surface area contributed by atoms with Gasteiger partial charge in [0, 0.05) is 22.3 Å². The number of hydrogen-bond acceptors (Lipinski definition) is 6. The molecule has 32 heavy (non-hydrogen) atoms. The van der Waals surface area contributed by atoms with Gasteiger partial charge in [-0.1, -0.05) is 52.0 Å². The second kappa shape index (κ2) is 9.86. The highest BCUT2D eigenvalue weighted by atomic mass is 79.9. The molecule has 3 amide bonds. The number of fused-ring (bicyclic) bond motifs is 1. The van der Waals surface area contributed by atoms with Gasteiger partial charge >= 0.3 is 0 Å². The molecule has 2 heterocycles. The van der Waals surface area contributed by atoms with E-state index in [1.807, 2.05) is 24.3 Å². The number of primary amides is 1. The second-order valence-corrected chi connectivity index (χ2v) is 11.2. The third kappa shape index (κ3) is 4.98. The van der Waals surface area contributed by atoms with Crippen LogP contribution in [0.5, 0.6) is 0 Å². The Labute approximate surface area is 207 Å². The fraction of sp³-hybridized carbons (Fsp3) is 0.273. The fourth-order valence-electron chi connectivity index (χ4n) is 3.76. The zero-order valence-electron chi connectivity index (χ0n) is 17.0. The first-order valence-electron chi connectivity index (χ1n) is 10.1. The van der Waals surface area contributed by atoms with Crippen molar-refractivity contribution in [3.05, 3.63) is 55.2 Å². The Bertz CT molecular complexity index is 1160. The maximum atomic E-state index is 12.8. The number of thioether (sulfide) groups is 1. The van der Waals surface area contributed by atoms with Gasteiger partial charge < -0.3 is 11.1 Å². The number of rotatable bonds is 6. The Balaban J connectivity index is 1.41. The first-order chi connectivity index (χ1) is 15.3. The third-order valence-corrected chi connectivity index (χ3v) is 8.33. The number of nitrogens with two attached hydrogens (primary N) is 1. The van der Waals surface area contributed by atoms with Crippen LogP contribution in [0.2, 0.25) is 0 Å². The number of amides is 3. The summed E-state index contributed by atoms with van der Waals surface area (Å²) >= 11 is 11.4. The monoisotopic (exact) mass is 549 g/mol. The minimum atomic E-state index is -0.519. The van der Waals surface area contributed by atoms with E-state index in [1.54, 1.807) is 6.08 Å². The van der Waals surface area contributed by atoms with Gasteiger partial charge in [-0.05, 0) is 55.0 Å². The summed E-state index contributed by atoms with van der Waals surface area (Å²) in [5, 5.41) is 3.34. The second-order valence-electron chi connectivity index (χ2n) is 7.47. The molecule has 2 aromatic rings. The highest BCUT2D eigenvalue weighted by Crippen LogP contribution is 2.38. The van der Waals surface area contributed by atoms with Crippen molar-refractivity contribution in [3.8, 4) is 0 Å². The number of carbonyl (C=O) groups excluding carboxylic acids is 3. The molecule has 1 aromatic heterocycles. The molecule has 166 valence electrons. The van der Waals surface area contributed by atoms with Crippen LogP contribution in [0.25, 0.3) is 6.08 Å². The van der Waals surface area contributed by atoms with Gasteiger partial charge in [-0.25, -0.2) is 0 Å². The molecular weight excluding hydrogens is 530 g/mol. The Kier molecular flexibility index (Phi) is 7.14. The van der Waals surface area contributed by atoms with Crippen molar-refractivity contribution < 1.29 is 14.4 Å². The predicted octanol–water partition coefficient (Wildman–Crippen LogP) is 4.72. The van der Waals surface area contributed by atoms with Gasteiger partial charge in [0.1, 0.15) is 9.32 Å². The zero-order chi connectivity index (χ0) is 22.8. The van der Waals surface area contributed by atoms with Crippen LogP contribution in [-0.4, -0.2) is 33.5 Å². The lowest BCUT2D eigenvalue weighted by Gasteiger charge is -2.14. The van der Waals surface area contributed by atoms with Gasteiger partial charge in [0.05, 0.1) is 10.5 Å². The van der Waals surface area contributed by atoms with Crippen molar-refractivity contribution in [2.24, 2.45) is 5.73 Å². The number of halogens is 1. The van der Waals surface area contributed by atoms with Gasteiger partial charge in [0.25, 0.3) is 11.8 Å². The summed E-state index contributed by atoms with van der Waals surface area (Å²) in [7, 11) is 0. The van der Waals surface area contributed by atoms with Crippen LogP contribution in [0, 0.1) is 0 Å². The van der Waals surface area contributed by atoms with E-state index in [2.05, 4.69) is 21.2 Å². The quantitative estimate of drug-likeness (QED) is 0.401. The molecule has 0 bridgehead atoms. The predicted molar refractivity (Wildman–Crippen MR) is 137 cm³/mol. The molecule has 0 saturated carbocycles. The molecule has 1 aromatic carbocycles. The molecule has 6 nitrogen and oxygen atoms in total. The SMILES string of the molecule is NC(=O)c1c(NC(=O)CCN2C(=O)/C(=C/c3cccc(Br)c3)SC2=S)sc2c1CCCC2. The molecule has 1 aliphatic heterocycles. The highest BCUT2D eigenvalue weighted by Gasteiger charge is 2.32. The van der Waals surface area contributed by atoms with Crippen LogP contribution >= 0.6 is 51.2 Å². The molecule has 0 spiro atoms. The van der Waals surface area contributed by atoms with E-state index in [4.69, 9.17) is 18.0 Å². The smallest absolute Gasteiger partial charge is 0.266 e. The number of nitrogens with one attached hydrogen (secondary N) is 1. The van der Waals surface area contributed by atoms with Gasteiger partial charge in [0.2, 0.25) is 5.91 Å². The molecule has 0 radical (unpaired) electrons. The molecule has 2 aliphatic rings. The van der Waals surface area contributed by atoms with Crippen LogP contribution in [0.3, 0.4) is 0 Å². The van der Waals surface area contributed by atoms with Crippen LogP contribution in [0.1, 0.15) is 45.6 Å². The fourth-order valence-corrected chi connectivity index (χ4v) is 6.79. The van der Waals surface area contributed by atoms with E-state index in [-0.39, 0.29) is 24.8 Å². The summed E-state index contributed by atoms with van der Waals surface area (Å²) in [6.07, 6.45) is 5.65. The molecule has 0 unspecified atom stereocenters. The molecule has 1 fully saturated rings. The summed E-state index contributed by atoms with van der Waals surface area (Å²) in [4.78, 5) is 40.5. The average molecular weight is 551 g/mol. The van der Waals surface area contributed by atoms with Crippen molar-refractivity contribution >= 4 is 84.4 Å². The molecule has 0 atom stereocenters. The van der Waals surface area contributed by atoms with Crippen molar-refractivity contribution in [3.63, 3.8) is 0 Å².